The number of amides is 1. The molecule has 0 radical (unpaired) electrons. The minimum Gasteiger partial charge on any atom is -0.289 e. The van der Waals surface area contributed by atoms with E-state index in [1.807, 2.05) is 13.8 Å². The summed E-state index contributed by atoms with van der Waals surface area (Å²) in [6.45, 7) is 3.97. The predicted molar refractivity (Wildman–Crippen MR) is 75.8 cm³/mol. The highest BCUT2D eigenvalue weighted by molar-refractivity contribution is 6.29. The molecule has 1 N–H and O–H groups in total. The number of aryl methyl sites for hydroxylation is 2. The van der Waals surface area contributed by atoms with Gasteiger partial charge in [-0.2, -0.15) is 0 Å². The number of anilines is 1. The summed E-state index contributed by atoms with van der Waals surface area (Å²) in [7, 11) is 0. The Hall–Kier alpha value is -2.08. The van der Waals surface area contributed by atoms with Crippen molar-refractivity contribution in [2.24, 2.45) is 0 Å². The normalized spacial score (nSPS) is 10.3. The molecule has 20 heavy (non-hydrogen) atoms. The van der Waals surface area contributed by atoms with E-state index in [9.17, 15) is 4.79 Å². The van der Waals surface area contributed by atoms with Crippen LogP contribution in [-0.2, 0) is 12.8 Å². The molecule has 0 spiro atoms. The van der Waals surface area contributed by atoms with Crippen molar-refractivity contribution >= 4 is 23.5 Å². The van der Waals surface area contributed by atoms with Crippen LogP contribution in [0.3, 0.4) is 0 Å². The van der Waals surface area contributed by atoms with Gasteiger partial charge >= 0.3 is 0 Å². The van der Waals surface area contributed by atoms with Crippen molar-refractivity contribution in [1.29, 1.82) is 0 Å². The third-order valence-corrected chi connectivity index (χ3v) is 2.95. The van der Waals surface area contributed by atoms with E-state index in [1.54, 1.807) is 12.1 Å². The fourth-order valence-corrected chi connectivity index (χ4v) is 1.79. The van der Waals surface area contributed by atoms with E-state index in [4.69, 9.17) is 11.6 Å². The first-order chi connectivity index (χ1) is 9.63. The van der Waals surface area contributed by atoms with Crippen molar-refractivity contribution in [1.82, 2.24) is 20.2 Å². The Balaban J connectivity index is 2.17. The molecule has 0 aliphatic carbocycles. The van der Waals surface area contributed by atoms with Gasteiger partial charge in [0.25, 0.3) is 5.91 Å². The van der Waals surface area contributed by atoms with Gasteiger partial charge in [-0.15, -0.1) is 10.2 Å². The van der Waals surface area contributed by atoms with E-state index in [0.717, 1.165) is 24.2 Å². The fraction of sp³-hybridized carbons (Fsp3) is 0.308. The molecule has 6 nitrogen and oxygen atoms in total. The van der Waals surface area contributed by atoms with Gasteiger partial charge in [-0.3, -0.25) is 10.1 Å². The van der Waals surface area contributed by atoms with E-state index < -0.39 is 0 Å². The molecule has 0 unspecified atom stereocenters. The number of aromatic nitrogens is 4. The second kappa shape index (κ2) is 6.38. The van der Waals surface area contributed by atoms with E-state index in [0.29, 0.717) is 10.7 Å². The molecule has 0 saturated carbocycles. The lowest BCUT2D eigenvalue weighted by atomic mass is 10.2. The zero-order valence-electron chi connectivity index (χ0n) is 11.2. The Morgan fingerprint density at radius 1 is 1.20 bits per heavy atom. The summed E-state index contributed by atoms with van der Waals surface area (Å²) in [5.41, 5.74) is 2.07. The van der Waals surface area contributed by atoms with Gasteiger partial charge in [-0.25, -0.2) is 9.97 Å². The Kier molecular flexibility index (Phi) is 4.57. The van der Waals surface area contributed by atoms with Gasteiger partial charge in [0.15, 0.2) is 0 Å². The highest BCUT2D eigenvalue weighted by Gasteiger charge is 2.11. The van der Waals surface area contributed by atoms with Crippen LogP contribution in [0.1, 0.15) is 35.6 Å². The van der Waals surface area contributed by atoms with Crippen molar-refractivity contribution in [2.45, 2.75) is 26.7 Å². The summed E-state index contributed by atoms with van der Waals surface area (Å²) in [6.07, 6.45) is 2.90. The van der Waals surface area contributed by atoms with Crippen molar-refractivity contribution < 1.29 is 4.79 Å². The molecule has 0 bridgehead atoms. The van der Waals surface area contributed by atoms with Crippen LogP contribution in [0.4, 0.5) is 5.95 Å². The summed E-state index contributed by atoms with van der Waals surface area (Å²) < 4.78 is 0. The molecular weight excluding hydrogens is 278 g/mol. The lowest BCUT2D eigenvalue weighted by Crippen LogP contribution is -2.16. The Morgan fingerprint density at radius 2 is 1.95 bits per heavy atom. The van der Waals surface area contributed by atoms with Crippen LogP contribution in [0.5, 0.6) is 0 Å². The van der Waals surface area contributed by atoms with Gasteiger partial charge in [-0.05, 0) is 25.0 Å². The largest absolute Gasteiger partial charge is 0.289 e. The molecule has 1 amide bonds. The number of hydrogen-bond donors (Lipinski definition) is 1. The van der Waals surface area contributed by atoms with Gasteiger partial charge in [0.2, 0.25) is 5.95 Å². The number of rotatable bonds is 4. The van der Waals surface area contributed by atoms with Crippen LogP contribution in [-0.4, -0.2) is 26.1 Å². The van der Waals surface area contributed by atoms with Gasteiger partial charge in [0.05, 0.1) is 17.0 Å². The highest BCUT2D eigenvalue weighted by Crippen LogP contribution is 2.09. The van der Waals surface area contributed by atoms with Crippen molar-refractivity contribution in [3.05, 3.63) is 40.4 Å². The van der Waals surface area contributed by atoms with Gasteiger partial charge in [0, 0.05) is 6.20 Å². The molecule has 2 heterocycles. The first-order valence-corrected chi connectivity index (χ1v) is 6.67. The monoisotopic (exact) mass is 291 g/mol. The summed E-state index contributed by atoms with van der Waals surface area (Å²) in [6, 6.07) is 3.13. The molecule has 104 valence electrons. The Labute approximate surface area is 121 Å². The van der Waals surface area contributed by atoms with E-state index >= 15 is 0 Å². The lowest BCUT2D eigenvalue weighted by Gasteiger charge is -2.06. The molecule has 0 atom stereocenters. The van der Waals surface area contributed by atoms with Crippen LogP contribution >= 0.6 is 11.6 Å². The Morgan fingerprint density at radius 3 is 2.55 bits per heavy atom. The number of nitrogens with zero attached hydrogens (tertiary/aromatic N) is 4. The topological polar surface area (TPSA) is 80.7 Å². The third kappa shape index (κ3) is 3.27. The van der Waals surface area contributed by atoms with Gasteiger partial charge in [-0.1, -0.05) is 25.4 Å². The maximum Gasteiger partial charge on any atom is 0.259 e. The average Bonchev–Trinajstić information content (AvgIpc) is 2.47. The third-order valence-electron chi connectivity index (χ3n) is 2.72. The van der Waals surface area contributed by atoms with Crippen LogP contribution in [0.25, 0.3) is 0 Å². The second-order valence-corrected chi connectivity index (χ2v) is 4.45. The van der Waals surface area contributed by atoms with E-state index in [1.165, 1.54) is 6.20 Å². The average molecular weight is 292 g/mol. The fourth-order valence-electron chi connectivity index (χ4n) is 1.67. The summed E-state index contributed by atoms with van der Waals surface area (Å²) in [5, 5.41) is 10.9. The van der Waals surface area contributed by atoms with Crippen molar-refractivity contribution in [3.8, 4) is 0 Å². The van der Waals surface area contributed by atoms with Crippen molar-refractivity contribution in [3.63, 3.8) is 0 Å². The zero-order chi connectivity index (χ0) is 14.5. The van der Waals surface area contributed by atoms with Crippen LogP contribution in [0.2, 0.25) is 5.15 Å². The Bertz CT molecular complexity index is 615. The number of halogens is 1. The molecule has 2 aromatic rings. The highest BCUT2D eigenvalue weighted by atomic mass is 35.5. The smallest absolute Gasteiger partial charge is 0.259 e. The second-order valence-electron chi connectivity index (χ2n) is 4.06. The van der Waals surface area contributed by atoms with E-state index in [-0.39, 0.29) is 11.9 Å². The first-order valence-electron chi connectivity index (χ1n) is 6.29. The number of carbonyl (C=O) groups is 1. The molecule has 0 fully saturated rings. The van der Waals surface area contributed by atoms with Crippen LogP contribution in [0, 0.1) is 0 Å². The number of carbonyl (C=O) groups excluding carboxylic acids is 1. The zero-order valence-corrected chi connectivity index (χ0v) is 12.0. The number of nitrogens with one attached hydrogen (secondary N) is 1. The number of pyridine rings is 1. The van der Waals surface area contributed by atoms with Gasteiger partial charge in [0.1, 0.15) is 5.15 Å². The minimum atomic E-state index is -0.345. The molecule has 2 rings (SSSR count). The standard InChI is InChI=1S/C13H14ClN5O/c1-3-9-10(4-2)18-19-13(16-9)17-12(20)8-5-6-11(14)15-7-8/h5-7H,3-4H2,1-2H3,(H,16,17,19,20). The van der Waals surface area contributed by atoms with Crippen LogP contribution < -0.4 is 5.32 Å². The van der Waals surface area contributed by atoms with Gasteiger partial charge < -0.3 is 0 Å². The maximum atomic E-state index is 12.0. The predicted octanol–water partition coefficient (Wildman–Crippen LogP) is 2.30. The summed E-state index contributed by atoms with van der Waals surface area (Å²) >= 11 is 5.67. The maximum absolute atomic E-state index is 12.0. The number of hydrogen-bond acceptors (Lipinski definition) is 5. The SMILES string of the molecule is CCc1nnc(NC(=O)c2ccc(Cl)nc2)nc1CC. The molecule has 0 aromatic carbocycles. The summed E-state index contributed by atoms with van der Waals surface area (Å²) in [5.74, 6) is -0.152. The molecule has 0 saturated heterocycles. The molecule has 2 aromatic heterocycles. The van der Waals surface area contributed by atoms with Crippen molar-refractivity contribution in [2.75, 3.05) is 5.32 Å². The summed E-state index contributed by atoms with van der Waals surface area (Å²) in [4.78, 5) is 20.1. The first kappa shape index (κ1) is 14.3. The molecule has 0 aliphatic rings. The van der Waals surface area contributed by atoms with E-state index in [2.05, 4.69) is 25.5 Å². The molecule has 7 heteroatoms. The quantitative estimate of drug-likeness (QED) is 0.874. The minimum absolute atomic E-state index is 0.194. The lowest BCUT2D eigenvalue weighted by molar-refractivity contribution is 0.102. The van der Waals surface area contributed by atoms with Crippen LogP contribution in [0.15, 0.2) is 18.3 Å². The molecular formula is C13H14ClN5O. The molecule has 0 aliphatic heterocycles.